The molecule has 180 valence electrons. The summed E-state index contributed by atoms with van der Waals surface area (Å²) >= 11 is 0. The summed E-state index contributed by atoms with van der Waals surface area (Å²) in [7, 11) is -1.81. The molecule has 1 saturated heterocycles. The Labute approximate surface area is 192 Å². The minimum Gasteiger partial charge on any atom is -0.465 e. The number of rotatable bonds is 11. The maximum Gasteiger partial charge on any atom is 0.475 e. The third-order valence-electron chi connectivity index (χ3n) is 5.37. The van der Waals surface area contributed by atoms with Gasteiger partial charge >= 0.3 is 13.2 Å². The number of amides is 3. The van der Waals surface area contributed by atoms with E-state index in [1.807, 2.05) is 6.07 Å². The number of carbonyl (C=O) groups excluding carboxylic acids is 2. The van der Waals surface area contributed by atoms with Gasteiger partial charge in [0.15, 0.2) is 5.96 Å². The van der Waals surface area contributed by atoms with E-state index >= 15 is 0 Å². The summed E-state index contributed by atoms with van der Waals surface area (Å²) in [5.74, 6) is -2.09. The first kappa shape index (κ1) is 25.9. The Hall–Kier alpha value is -3.32. The maximum absolute atomic E-state index is 13.2. The van der Waals surface area contributed by atoms with Gasteiger partial charge in [-0.3, -0.25) is 14.6 Å². The summed E-state index contributed by atoms with van der Waals surface area (Å²) in [6.45, 7) is 0.553. The molecule has 0 radical (unpaired) electrons. The molecule has 1 aliphatic rings. The third kappa shape index (κ3) is 8.27. The second-order valence-corrected chi connectivity index (χ2v) is 7.86. The number of benzene rings is 1. The molecule has 33 heavy (non-hydrogen) atoms. The molecule has 0 spiro atoms. The summed E-state index contributed by atoms with van der Waals surface area (Å²) in [5, 5.41) is 33.3. The number of likely N-dealkylation sites (tertiary alicyclic amines) is 1. The summed E-state index contributed by atoms with van der Waals surface area (Å²) in [6, 6.07) is 7.06. The lowest BCUT2D eigenvalue weighted by molar-refractivity contribution is -0.140. The number of nitrogens with one attached hydrogen (secondary N) is 2. The lowest BCUT2D eigenvalue weighted by atomic mass is 9.76. The monoisotopic (exact) mass is 462 g/mol. The van der Waals surface area contributed by atoms with E-state index < -0.39 is 43.1 Å². The number of nitrogens with two attached hydrogens (primary N) is 2. The molecule has 2 rings (SSSR count). The Kier molecular flexibility index (Phi) is 9.95. The zero-order valence-electron chi connectivity index (χ0n) is 18.3. The molecule has 3 atom stereocenters. The van der Waals surface area contributed by atoms with Gasteiger partial charge in [-0.05, 0) is 31.2 Å². The van der Waals surface area contributed by atoms with Gasteiger partial charge in [0.2, 0.25) is 11.8 Å². The van der Waals surface area contributed by atoms with E-state index in [1.54, 1.807) is 24.3 Å². The first-order valence-electron chi connectivity index (χ1n) is 10.7. The van der Waals surface area contributed by atoms with E-state index in [1.165, 1.54) is 4.90 Å². The first-order valence-corrected chi connectivity index (χ1v) is 10.7. The summed E-state index contributed by atoms with van der Waals surface area (Å²) in [4.78, 5) is 42.5. The number of hydrogen-bond acceptors (Lipinski definition) is 6. The Morgan fingerprint density at radius 2 is 1.88 bits per heavy atom. The largest absolute Gasteiger partial charge is 0.475 e. The molecule has 13 heteroatoms. The second kappa shape index (κ2) is 12.7. The maximum atomic E-state index is 13.2. The molecule has 1 fully saturated rings. The summed E-state index contributed by atoms with van der Waals surface area (Å²) in [5.41, 5.74) is 11.3. The molecule has 1 aromatic carbocycles. The Balaban J connectivity index is 2.06. The van der Waals surface area contributed by atoms with Crippen molar-refractivity contribution in [2.24, 2.45) is 16.5 Å². The fraction of sp³-hybridized carbons (Fsp3) is 0.500. The van der Waals surface area contributed by atoms with Crippen molar-refractivity contribution in [3.63, 3.8) is 0 Å². The summed E-state index contributed by atoms with van der Waals surface area (Å²) < 4.78 is 0. The molecule has 3 amide bonds. The Morgan fingerprint density at radius 1 is 1.18 bits per heavy atom. The van der Waals surface area contributed by atoms with Gasteiger partial charge < -0.3 is 42.2 Å². The van der Waals surface area contributed by atoms with Crippen molar-refractivity contribution in [3.05, 3.63) is 35.9 Å². The number of aliphatic imine (C=N–C) groups is 1. The molecular weight excluding hydrogens is 431 g/mol. The predicted octanol–water partition coefficient (Wildman–Crippen LogP) is -1.59. The van der Waals surface area contributed by atoms with Gasteiger partial charge in [0.1, 0.15) is 12.1 Å². The number of nitrogens with zero attached hydrogens (tertiary/aromatic N) is 2. The highest BCUT2D eigenvalue weighted by Gasteiger charge is 2.39. The van der Waals surface area contributed by atoms with E-state index in [0.717, 1.165) is 5.56 Å². The highest BCUT2D eigenvalue weighted by atomic mass is 16.4. The van der Waals surface area contributed by atoms with Gasteiger partial charge in [-0.1, -0.05) is 30.3 Å². The molecule has 9 N–H and O–H groups in total. The summed E-state index contributed by atoms with van der Waals surface area (Å²) in [6.07, 6.45) is 0.345. The quantitative estimate of drug-likeness (QED) is 0.0881. The minimum atomic E-state index is -1.81. The van der Waals surface area contributed by atoms with Gasteiger partial charge in [0, 0.05) is 19.5 Å². The standard InChI is InChI=1S/C20H31BN6O6/c22-19(23)24-10-4-9-16(21(32)33)26-17(28)15-8-5-11-27(15)18(29)14(25-20(30)31)12-13-6-2-1-3-7-13/h1-3,6-7,14-16,25,32-33H,4-5,8-12H2,(H,26,28)(H,30,31)(H4,22,23,24)/t14-,15+,16?/m1/s1. The van der Waals surface area contributed by atoms with Crippen molar-refractivity contribution < 1.29 is 29.5 Å². The van der Waals surface area contributed by atoms with E-state index in [0.29, 0.717) is 25.8 Å². The molecule has 0 aromatic heterocycles. The van der Waals surface area contributed by atoms with Gasteiger partial charge in [0.05, 0.1) is 5.94 Å². The highest BCUT2D eigenvalue weighted by Crippen LogP contribution is 2.20. The van der Waals surface area contributed by atoms with Crippen molar-refractivity contribution in [1.29, 1.82) is 0 Å². The number of carbonyl (C=O) groups is 3. The average Bonchev–Trinajstić information content (AvgIpc) is 3.25. The van der Waals surface area contributed by atoms with Gasteiger partial charge in [-0.15, -0.1) is 0 Å². The normalized spacial score (nSPS) is 17.0. The average molecular weight is 462 g/mol. The molecule has 12 nitrogen and oxygen atoms in total. The third-order valence-corrected chi connectivity index (χ3v) is 5.37. The minimum absolute atomic E-state index is 0.0831. The molecule has 1 heterocycles. The Bertz CT molecular complexity index is 836. The zero-order valence-corrected chi connectivity index (χ0v) is 18.3. The van der Waals surface area contributed by atoms with Crippen LogP contribution < -0.4 is 22.1 Å². The van der Waals surface area contributed by atoms with E-state index in [-0.39, 0.29) is 25.3 Å². The van der Waals surface area contributed by atoms with Crippen molar-refractivity contribution in [1.82, 2.24) is 15.5 Å². The van der Waals surface area contributed by atoms with Crippen LogP contribution >= 0.6 is 0 Å². The number of hydrogen-bond donors (Lipinski definition) is 7. The van der Waals surface area contributed by atoms with Crippen LogP contribution in [0.25, 0.3) is 0 Å². The molecule has 0 aliphatic carbocycles. The van der Waals surface area contributed by atoms with Crippen LogP contribution in [0.2, 0.25) is 0 Å². The van der Waals surface area contributed by atoms with Crippen LogP contribution in [-0.4, -0.2) is 82.2 Å². The van der Waals surface area contributed by atoms with Crippen LogP contribution in [0.5, 0.6) is 0 Å². The Morgan fingerprint density at radius 3 is 2.48 bits per heavy atom. The van der Waals surface area contributed by atoms with Gasteiger partial charge in [-0.25, -0.2) is 4.79 Å². The van der Waals surface area contributed by atoms with Crippen LogP contribution in [0.1, 0.15) is 31.2 Å². The number of carboxylic acid groups (broad SMARTS) is 1. The van der Waals surface area contributed by atoms with Crippen molar-refractivity contribution in [3.8, 4) is 0 Å². The SMILES string of the molecule is NC(N)=NCCCC(NC(=O)[C@@H]1CCCN1C(=O)[C@@H](Cc1ccccc1)NC(=O)O)B(O)O. The van der Waals surface area contributed by atoms with Crippen LogP contribution in [0.3, 0.4) is 0 Å². The van der Waals surface area contributed by atoms with Crippen LogP contribution in [0, 0.1) is 0 Å². The smallest absolute Gasteiger partial charge is 0.465 e. The lowest BCUT2D eigenvalue weighted by Gasteiger charge is -2.29. The molecule has 0 saturated carbocycles. The van der Waals surface area contributed by atoms with E-state index in [2.05, 4.69) is 15.6 Å². The fourth-order valence-corrected chi connectivity index (χ4v) is 3.80. The fourth-order valence-electron chi connectivity index (χ4n) is 3.80. The molecule has 1 aromatic rings. The first-order chi connectivity index (χ1) is 15.7. The van der Waals surface area contributed by atoms with E-state index in [4.69, 9.17) is 11.5 Å². The van der Waals surface area contributed by atoms with Crippen molar-refractivity contribution >= 4 is 31.0 Å². The van der Waals surface area contributed by atoms with Crippen LogP contribution in [0.15, 0.2) is 35.3 Å². The van der Waals surface area contributed by atoms with Gasteiger partial charge in [0.25, 0.3) is 0 Å². The van der Waals surface area contributed by atoms with Crippen molar-refractivity contribution in [2.75, 3.05) is 13.1 Å². The molecule has 1 unspecified atom stereocenters. The van der Waals surface area contributed by atoms with Crippen LogP contribution in [0.4, 0.5) is 4.79 Å². The molecule has 1 aliphatic heterocycles. The predicted molar refractivity (Wildman–Crippen MR) is 122 cm³/mol. The second-order valence-electron chi connectivity index (χ2n) is 7.86. The number of guanidine groups is 1. The van der Waals surface area contributed by atoms with Crippen LogP contribution in [-0.2, 0) is 16.0 Å². The molecule has 0 bridgehead atoms. The highest BCUT2D eigenvalue weighted by molar-refractivity contribution is 6.43. The lowest BCUT2D eigenvalue weighted by Crippen LogP contribution is -2.56. The zero-order chi connectivity index (χ0) is 24.4. The molecular formula is C20H31BN6O6. The van der Waals surface area contributed by atoms with E-state index in [9.17, 15) is 29.5 Å². The topological polar surface area (TPSA) is 204 Å². The van der Waals surface area contributed by atoms with Crippen molar-refractivity contribution in [2.45, 2.75) is 50.1 Å². The van der Waals surface area contributed by atoms with Gasteiger partial charge in [-0.2, -0.15) is 0 Å².